The number of benzene rings is 1. The van der Waals surface area contributed by atoms with Crippen LogP contribution in [0.5, 0.6) is 0 Å². The molecule has 1 aliphatic rings. The average Bonchev–Trinajstić information content (AvgIpc) is 2.39. The lowest BCUT2D eigenvalue weighted by Gasteiger charge is -2.29. The van der Waals surface area contributed by atoms with Crippen LogP contribution in [-0.2, 0) is 15.6 Å². The predicted octanol–water partition coefficient (Wildman–Crippen LogP) is 1.45. The Kier molecular flexibility index (Phi) is 4.83. The first-order valence-electron chi connectivity index (χ1n) is 7.09. The van der Waals surface area contributed by atoms with Gasteiger partial charge in [0.15, 0.2) is 9.84 Å². The summed E-state index contributed by atoms with van der Waals surface area (Å²) in [6.45, 7) is 4.89. The van der Waals surface area contributed by atoms with E-state index in [1.54, 1.807) is 13.8 Å². The fourth-order valence-electron chi connectivity index (χ4n) is 2.54. The van der Waals surface area contributed by atoms with Gasteiger partial charge < -0.3 is 10.4 Å². The normalized spacial score (nSPS) is 24.0. The first-order valence-corrected chi connectivity index (χ1v) is 8.81. The van der Waals surface area contributed by atoms with Crippen molar-refractivity contribution in [2.45, 2.75) is 43.3 Å². The molecular formula is C15H23NO3S. The highest BCUT2D eigenvalue weighted by Gasteiger charge is 2.25. The average molecular weight is 297 g/mol. The van der Waals surface area contributed by atoms with Crippen molar-refractivity contribution in [1.29, 1.82) is 0 Å². The summed E-state index contributed by atoms with van der Waals surface area (Å²) in [6.07, 6.45) is 0.474. The van der Waals surface area contributed by atoms with Gasteiger partial charge in [0.05, 0.1) is 17.1 Å². The summed E-state index contributed by atoms with van der Waals surface area (Å²) in [5, 5.41) is 12.8. The molecule has 20 heavy (non-hydrogen) atoms. The monoisotopic (exact) mass is 297 g/mol. The third-order valence-corrected chi connectivity index (χ3v) is 6.09. The third kappa shape index (κ3) is 3.59. The van der Waals surface area contributed by atoms with Gasteiger partial charge in [0.2, 0.25) is 0 Å². The quantitative estimate of drug-likeness (QED) is 0.883. The second-order valence-corrected chi connectivity index (χ2v) is 8.32. The van der Waals surface area contributed by atoms with E-state index < -0.39 is 15.9 Å². The Hall–Kier alpha value is -0.910. The van der Waals surface area contributed by atoms with E-state index in [1.807, 2.05) is 24.3 Å². The zero-order chi connectivity index (χ0) is 14.8. The molecule has 1 aromatic rings. The third-order valence-electron chi connectivity index (χ3n) is 3.92. The van der Waals surface area contributed by atoms with Crippen molar-refractivity contribution >= 4 is 9.84 Å². The van der Waals surface area contributed by atoms with Crippen LogP contribution in [0.1, 0.15) is 37.3 Å². The Balaban J connectivity index is 2.20. The summed E-state index contributed by atoms with van der Waals surface area (Å²) in [6, 6.07) is 7.63. The Morgan fingerprint density at radius 3 is 2.80 bits per heavy atom. The second-order valence-electron chi connectivity index (χ2n) is 5.77. The largest absolute Gasteiger partial charge is 0.391 e. The Bertz CT molecular complexity index is 554. The molecule has 1 aliphatic heterocycles. The molecule has 4 nitrogen and oxygen atoms in total. The highest BCUT2D eigenvalue weighted by Crippen LogP contribution is 2.27. The van der Waals surface area contributed by atoms with E-state index in [0.717, 1.165) is 24.1 Å². The van der Waals surface area contributed by atoms with Crippen molar-refractivity contribution in [2.24, 2.45) is 0 Å². The molecule has 0 bridgehead atoms. The maximum atomic E-state index is 12.0. The minimum absolute atomic E-state index is 0.0690. The summed E-state index contributed by atoms with van der Waals surface area (Å²) in [5.74, 6) is 0.164. The number of piperidine rings is 1. The highest BCUT2D eigenvalue weighted by molar-refractivity contribution is 7.91. The topological polar surface area (TPSA) is 66.4 Å². The fraction of sp³-hybridized carbons (Fsp3) is 0.600. The molecule has 0 amide bonds. The number of rotatable bonds is 4. The van der Waals surface area contributed by atoms with E-state index in [0.29, 0.717) is 6.54 Å². The molecule has 0 aromatic heterocycles. The lowest BCUT2D eigenvalue weighted by atomic mass is 9.87. The molecule has 0 aliphatic carbocycles. The van der Waals surface area contributed by atoms with E-state index in [-0.39, 0.29) is 16.9 Å². The van der Waals surface area contributed by atoms with Gasteiger partial charge in [-0.15, -0.1) is 0 Å². The summed E-state index contributed by atoms with van der Waals surface area (Å²) < 4.78 is 24.0. The molecule has 1 unspecified atom stereocenters. The van der Waals surface area contributed by atoms with Crippen LogP contribution >= 0.6 is 0 Å². The van der Waals surface area contributed by atoms with Crippen molar-refractivity contribution in [3.8, 4) is 0 Å². The molecule has 1 fully saturated rings. The number of nitrogens with one attached hydrogen (secondary N) is 1. The number of sulfone groups is 1. The van der Waals surface area contributed by atoms with Crippen LogP contribution in [0.15, 0.2) is 24.3 Å². The van der Waals surface area contributed by atoms with Crippen LogP contribution in [0, 0.1) is 0 Å². The molecule has 2 rings (SSSR count). The van der Waals surface area contributed by atoms with Gasteiger partial charge >= 0.3 is 0 Å². The van der Waals surface area contributed by atoms with Crippen molar-refractivity contribution in [3.05, 3.63) is 35.4 Å². The second kappa shape index (κ2) is 6.24. The highest BCUT2D eigenvalue weighted by atomic mass is 32.2. The first-order chi connectivity index (χ1) is 9.40. The van der Waals surface area contributed by atoms with Crippen LogP contribution in [0.4, 0.5) is 0 Å². The molecule has 0 radical (unpaired) electrons. The smallest absolute Gasteiger partial charge is 0.156 e. The van der Waals surface area contributed by atoms with Crippen LogP contribution in [-0.4, -0.2) is 38.0 Å². The van der Waals surface area contributed by atoms with Gasteiger partial charge in [-0.25, -0.2) is 8.42 Å². The summed E-state index contributed by atoms with van der Waals surface area (Å²) in [4.78, 5) is 0. The van der Waals surface area contributed by atoms with E-state index in [1.165, 1.54) is 0 Å². The molecule has 2 atom stereocenters. The fourth-order valence-corrected chi connectivity index (χ4v) is 3.52. The zero-order valence-corrected chi connectivity index (χ0v) is 12.9. The lowest BCUT2D eigenvalue weighted by Crippen LogP contribution is -2.39. The van der Waals surface area contributed by atoms with E-state index in [9.17, 15) is 13.5 Å². The van der Waals surface area contributed by atoms with Crippen LogP contribution in [0.3, 0.4) is 0 Å². The molecule has 2 N–H and O–H groups in total. The van der Waals surface area contributed by atoms with Crippen molar-refractivity contribution < 1.29 is 13.5 Å². The van der Waals surface area contributed by atoms with Gasteiger partial charge in [-0.3, -0.25) is 0 Å². The number of hydrogen-bond donors (Lipinski definition) is 2. The lowest BCUT2D eigenvalue weighted by molar-refractivity contribution is 0.118. The molecule has 1 aromatic carbocycles. The molecule has 1 saturated heterocycles. The molecule has 0 saturated carbocycles. The van der Waals surface area contributed by atoms with Gasteiger partial charge in [0.1, 0.15) is 0 Å². The SMILES string of the molecule is CC(C)S(=O)(=O)Cc1cccc(C2CCNC[C@@H]2O)c1. The van der Waals surface area contributed by atoms with Gasteiger partial charge in [-0.05, 0) is 37.9 Å². The van der Waals surface area contributed by atoms with Gasteiger partial charge in [-0.1, -0.05) is 24.3 Å². The number of β-amino-alcohol motifs (C(OH)–C–C–N with tert-alkyl or cyclic N) is 1. The minimum Gasteiger partial charge on any atom is -0.391 e. The Morgan fingerprint density at radius 2 is 2.15 bits per heavy atom. The standard InChI is InChI=1S/C15H23NO3S/c1-11(2)20(18,19)10-12-4-3-5-13(8-12)14-6-7-16-9-15(14)17/h3-5,8,11,14-17H,6-7,9-10H2,1-2H3/t14?,15-/m0/s1. The van der Waals surface area contributed by atoms with E-state index >= 15 is 0 Å². The van der Waals surface area contributed by atoms with Gasteiger partial charge in [0, 0.05) is 12.5 Å². The van der Waals surface area contributed by atoms with E-state index in [2.05, 4.69) is 5.32 Å². The van der Waals surface area contributed by atoms with Crippen LogP contribution in [0.25, 0.3) is 0 Å². The molecular weight excluding hydrogens is 274 g/mol. The minimum atomic E-state index is -3.09. The van der Waals surface area contributed by atoms with Crippen molar-refractivity contribution in [2.75, 3.05) is 13.1 Å². The molecule has 0 spiro atoms. The Morgan fingerprint density at radius 1 is 1.40 bits per heavy atom. The summed E-state index contributed by atoms with van der Waals surface area (Å²) in [5.41, 5.74) is 1.84. The van der Waals surface area contributed by atoms with Crippen LogP contribution in [0.2, 0.25) is 0 Å². The molecule has 112 valence electrons. The maximum absolute atomic E-state index is 12.0. The zero-order valence-electron chi connectivity index (χ0n) is 12.0. The van der Waals surface area contributed by atoms with E-state index in [4.69, 9.17) is 0 Å². The summed E-state index contributed by atoms with van der Waals surface area (Å²) in [7, 11) is -3.09. The predicted molar refractivity (Wildman–Crippen MR) is 80.4 cm³/mol. The number of hydrogen-bond acceptors (Lipinski definition) is 4. The number of aliphatic hydroxyl groups excluding tert-OH is 1. The van der Waals surface area contributed by atoms with Crippen LogP contribution < -0.4 is 5.32 Å². The summed E-state index contributed by atoms with van der Waals surface area (Å²) >= 11 is 0. The molecule has 5 heteroatoms. The van der Waals surface area contributed by atoms with Crippen molar-refractivity contribution in [3.63, 3.8) is 0 Å². The maximum Gasteiger partial charge on any atom is 0.156 e. The van der Waals surface area contributed by atoms with Gasteiger partial charge in [0.25, 0.3) is 0 Å². The Labute approximate surface area is 121 Å². The van der Waals surface area contributed by atoms with Crippen molar-refractivity contribution in [1.82, 2.24) is 5.32 Å². The molecule has 1 heterocycles. The first kappa shape index (κ1) is 15.5. The number of aliphatic hydroxyl groups is 1. The van der Waals surface area contributed by atoms with Gasteiger partial charge in [-0.2, -0.15) is 0 Å².